The molecular formula is C67H69N3. The van der Waals surface area contributed by atoms with Crippen LogP contribution in [0.25, 0.3) is 65.9 Å². The lowest BCUT2D eigenvalue weighted by atomic mass is 10.0. The molecule has 0 aliphatic carbocycles. The molecule has 0 atom stereocenters. The van der Waals surface area contributed by atoms with E-state index in [1.807, 2.05) is 18.2 Å². The van der Waals surface area contributed by atoms with Crippen molar-refractivity contribution in [2.45, 2.75) is 80.3 Å². The summed E-state index contributed by atoms with van der Waals surface area (Å²) in [6, 6.07) is 83.6. The van der Waals surface area contributed by atoms with Crippen molar-refractivity contribution in [3.63, 3.8) is 0 Å². The van der Waals surface area contributed by atoms with Crippen LogP contribution in [-0.4, -0.2) is 9.13 Å². The van der Waals surface area contributed by atoms with Gasteiger partial charge in [-0.3, -0.25) is 0 Å². The zero-order chi connectivity index (χ0) is 49.5. The maximum Gasteiger partial charge on any atom is 0.0496 e. The maximum absolute atomic E-state index is 2.47. The molecule has 0 saturated carbocycles. The van der Waals surface area contributed by atoms with Gasteiger partial charge in [-0.25, -0.2) is 0 Å². The van der Waals surface area contributed by atoms with Crippen LogP contribution >= 0.6 is 0 Å². The number of benzene rings is 9. The molecule has 0 fully saturated rings. The molecule has 3 nitrogen and oxygen atoms in total. The Kier molecular flexibility index (Phi) is 14.6. The second-order valence-corrected chi connectivity index (χ2v) is 21.6. The Hall–Kier alpha value is -7.62. The Labute approximate surface area is 417 Å². The number of hydrogen-bond donors (Lipinski definition) is 0. The van der Waals surface area contributed by atoms with Crippen molar-refractivity contribution < 1.29 is 0 Å². The van der Waals surface area contributed by atoms with Crippen LogP contribution in [-0.2, 0) is 11.1 Å². The highest BCUT2D eigenvalue weighted by atomic mass is 15.1. The first-order valence-corrected chi connectivity index (χ1v) is 24.7. The van der Waals surface area contributed by atoms with E-state index in [-0.39, 0.29) is 11.1 Å². The van der Waals surface area contributed by atoms with Crippen LogP contribution in [0.3, 0.4) is 0 Å². The number of anilines is 3. The highest BCUT2D eigenvalue weighted by molar-refractivity contribution is 6.11. The van der Waals surface area contributed by atoms with Crippen molar-refractivity contribution >= 4 is 60.7 Å². The van der Waals surface area contributed by atoms with E-state index < -0.39 is 0 Å². The van der Waals surface area contributed by atoms with Gasteiger partial charge in [0.05, 0.1) is 0 Å². The van der Waals surface area contributed by atoms with Gasteiger partial charge < -0.3 is 14.0 Å². The predicted octanol–water partition coefficient (Wildman–Crippen LogP) is 19.6. The smallest absolute Gasteiger partial charge is 0.0496 e. The number of nitrogens with zero attached hydrogens (tertiary/aromatic N) is 3. The largest absolute Gasteiger partial charge is 0.335 e. The van der Waals surface area contributed by atoms with E-state index in [2.05, 4.69) is 302 Å². The maximum atomic E-state index is 2.47. The number of aromatic nitrogens is 2. The highest BCUT2D eigenvalue weighted by Crippen LogP contribution is 2.39. The number of hydrogen-bond acceptors (Lipinski definition) is 1. The molecule has 0 spiro atoms. The number of para-hydroxylation sites is 5. The van der Waals surface area contributed by atoms with Crippen molar-refractivity contribution in [2.24, 2.45) is 5.41 Å². The van der Waals surface area contributed by atoms with Gasteiger partial charge in [0.25, 0.3) is 0 Å². The van der Waals surface area contributed by atoms with Gasteiger partial charge >= 0.3 is 0 Å². The Balaban J connectivity index is 0.000000140. The van der Waals surface area contributed by atoms with E-state index >= 15 is 0 Å². The van der Waals surface area contributed by atoms with Crippen LogP contribution in [0.4, 0.5) is 17.1 Å². The highest BCUT2D eigenvalue weighted by Gasteiger charge is 2.22. The molecule has 0 aliphatic heterocycles. The molecule has 0 amide bonds. The lowest BCUT2D eigenvalue weighted by molar-refractivity contribution is 0.423. The molecule has 352 valence electrons. The van der Waals surface area contributed by atoms with Crippen LogP contribution in [0.2, 0.25) is 0 Å². The minimum Gasteiger partial charge on any atom is -0.335 e. The zero-order valence-electron chi connectivity index (χ0n) is 42.9. The van der Waals surface area contributed by atoms with Gasteiger partial charge in [0, 0.05) is 71.8 Å². The molecule has 2 aromatic heterocycles. The Bertz CT molecular complexity index is 3150. The summed E-state index contributed by atoms with van der Waals surface area (Å²) < 4.78 is 4.90. The van der Waals surface area contributed by atoms with Gasteiger partial charge in [-0.2, -0.15) is 0 Å². The first-order valence-electron chi connectivity index (χ1n) is 24.7. The Morgan fingerprint density at radius 3 is 0.814 bits per heavy atom. The molecule has 2 heterocycles. The minimum atomic E-state index is 0.00251. The number of rotatable bonds is 5. The monoisotopic (exact) mass is 916 g/mol. The van der Waals surface area contributed by atoms with E-state index in [0.29, 0.717) is 5.41 Å². The molecule has 0 aliphatic rings. The molecule has 11 rings (SSSR count). The fourth-order valence-corrected chi connectivity index (χ4v) is 9.19. The normalized spacial score (nSPS) is 11.6. The summed E-state index contributed by atoms with van der Waals surface area (Å²) >= 11 is 0. The third-order valence-corrected chi connectivity index (χ3v) is 11.9. The first-order chi connectivity index (χ1) is 33.6. The second kappa shape index (κ2) is 20.9. The van der Waals surface area contributed by atoms with Crippen molar-refractivity contribution in [1.82, 2.24) is 9.13 Å². The van der Waals surface area contributed by atoms with Crippen LogP contribution in [0.5, 0.6) is 0 Å². The Morgan fingerprint density at radius 1 is 0.257 bits per heavy atom. The molecular weight excluding hydrogens is 847 g/mol. The van der Waals surface area contributed by atoms with E-state index in [0.717, 1.165) is 0 Å². The minimum absolute atomic E-state index is 0.00251. The van der Waals surface area contributed by atoms with Crippen molar-refractivity contribution in [2.75, 3.05) is 4.90 Å². The molecule has 3 heteroatoms. The molecule has 11 aromatic rings. The summed E-state index contributed by atoms with van der Waals surface area (Å²) in [6.45, 7) is 22.4. The van der Waals surface area contributed by atoms with E-state index in [1.54, 1.807) is 0 Å². The van der Waals surface area contributed by atoms with Crippen LogP contribution in [0.1, 0.15) is 69.2 Å². The third-order valence-electron chi connectivity index (χ3n) is 11.9. The second-order valence-electron chi connectivity index (χ2n) is 21.6. The van der Waals surface area contributed by atoms with Crippen LogP contribution in [0.15, 0.2) is 237 Å². The molecule has 0 N–H and O–H groups in total. The fraction of sp³-hybridized carbons (Fsp3) is 0.194. The van der Waals surface area contributed by atoms with Gasteiger partial charge in [0.15, 0.2) is 0 Å². The quantitative estimate of drug-likeness (QED) is 0.168. The van der Waals surface area contributed by atoms with E-state index in [4.69, 9.17) is 0 Å². The summed E-state index contributed by atoms with van der Waals surface area (Å²) in [5, 5.41) is 5.32. The SMILES string of the molecule is CC(C)(C)C.CC(C)(C)n1c2ccc(-c3ccccc3)cc2c2cc(-c3ccccc3)ccc21.CC(C)(C)n1c2ccccc2c2ccccc21.c1ccc(N(c2ccccc2)c2ccccc2)cc1. The van der Waals surface area contributed by atoms with Gasteiger partial charge in [-0.15, -0.1) is 0 Å². The molecule has 0 bridgehead atoms. The molecule has 9 aromatic carbocycles. The zero-order valence-corrected chi connectivity index (χ0v) is 42.9. The van der Waals surface area contributed by atoms with Crippen LogP contribution < -0.4 is 4.90 Å². The van der Waals surface area contributed by atoms with E-state index in [1.165, 1.54) is 82.9 Å². The van der Waals surface area contributed by atoms with E-state index in [9.17, 15) is 0 Å². The average molecular weight is 916 g/mol. The molecule has 0 saturated heterocycles. The Morgan fingerprint density at radius 2 is 0.514 bits per heavy atom. The average Bonchev–Trinajstić information content (AvgIpc) is 3.89. The summed E-state index contributed by atoms with van der Waals surface area (Å²) in [5.41, 5.74) is 14.4. The summed E-state index contributed by atoms with van der Waals surface area (Å²) in [6.07, 6.45) is 0. The standard InChI is InChI=1S/C28H25N.C18H15N.C16H17N.C5H12/c1-28(2,3)29-26-16-14-22(20-10-6-4-7-11-20)18-24(26)25-19-23(15-17-27(25)29)21-12-8-5-9-13-21;1-4-10-16(11-5-1)19(17-12-6-2-7-13-17)18-14-8-3-9-15-18;1-16(2,3)17-14-10-6-4-8-12(14)13-9-5-7-11-15(13)17;1-5(2,3)4/h4-19H,1-3H3;1-15H;4-11H,1-3H3;1-4H3. The lowest BCUT2D eigenvalue weighted by Crippen LogP contribution is -2.21. The lowest BCUT2D eigenvalue weighted by Gasteiger charge is -2.25. The van der Waals surface area contributed by atoms with Gasteiger partial charge in [0.2, 0.25) is 0 Å². The molecule has 0 unspecified atom stereocenters. The summed E-state index contributed by atoms with van der Waals surface area (Å²) in [4.78, 5) is 2.25. The van der Waals surface area contributed by atoms with Gasteiger partial charge in [0.1, 0.15) is 0 Å². The fourth-order valence-electron chi connectivity index (χ4n) is 9.19. The van der Waals surface area contributed by atoms with Gasteiger partial charge in [-0.1, -0.05) is 191 Å². The molecule has 0 radical (unpaired) electrons. The molecule has 70 heavy (non-hydrogen) atoms. The van der Waals surface area contributed by atoms with Crippen LogP contribution in [0, 0.1) is 5.41 Å². The van der Waals surface area contributed by atoms with Crippen molar-refractivity contribution in [3.8, 4) is 22.3 Å². The summed E-state index contributed by atoms with van der Waals surface area (Å²) in [7, 11) is 0. The predicted molar refractivity (Wildman–Crippen MR) is 306 cm³/mol. The first kappa shape index (κ1) is 48.8. The topological polar surface area (TPSA) is 13.1 Å². The third kappa shape index (κ3) is 11.4. The van der Waals surface area contributed by atoms with Gasteiger partial charge in [-0.05, 0) is 142 Å². The number of fused-ring (bicyclic) bond motifs is 6. The van der Waals surface area contributed by atoms with Crippen molar-refractivity contribution in [3.05, 3.63) is 237 Å². The van der Waals surface area contributed by atoms with Crippen molar-refractivity contribution in [1.29, 1.82) is 0 Å². The summed E-state index contributed by atoms with van der Waals surface area (Å²) in [5.74, 6) is 0.